The largest absolute Gasteiger partial charge is 0.375 e. The second-order valence-corrected chi connectivity index (χ2v) is 4.08. The average Bonchev–Trinajstić information content (AvgIpc) is 3.00. The molecular formula is C11H17N3O4. The molecule has 1 unspecified atom stereocenters. The Morgan fingerprint density at radius 1 is 1.61 bits per heavy atom. The average molecular weight is 255 g/mol. The molecule has 18 heavy (non-hydrogen) atoms. The number of aromatic nitrogens is 2. The van der Waals surface area contributed by atoms with Gasteiger partial charge in [0, 0.05) is 26.7 Å². The van der Waals surface area contributed by atoms with E-state index in [1.807, 2.05) is 0 Å². The third-order valence-corrected chi connectivity index (χ3v) is 2.65. The number of carbonyl (C=O) groups excluding carboxylic acids is 1. The van der Waals surface area contributed by atoms with Crippen LogP contribution in [0.3, 0.4) is 0 Å². The Kier molecular flexibility index (Phi) is 4.66. The summed E-state index contributed by atoms with van der Waals surface area (Å²) in [5.74, 6) is 0.945. The summed E-state index contributed by atoms with van der Waals surface area (Å²) >= 11 is 0. The summed E-state index contributed by atoms with van der Waals surface area (Å²) < 4.78 is 15.1. The van der Waals surface area contributed by atoms with E-state index in [0.717, 1.165) is 12.8 Å². The molecule has 1 saturated heterocycles. The lowest BCUT2D eigenvalue weighted by molar-refractivity contribution is -0.129. The minimum Gasteiger partial charge on any atom is -0.375 e. The maximum Gasteiger partial charge on any atom is 0.252 e. The molecule has 7 heteroatoms. The van der Waals surface area contributed by atoms with Crippen LogP contribution in [0.5, 0.6) is 0 Å². The number of hydrogen-bond donors (Lipinski definition) is 1. The third-order valence-electron chi connectivity index (χ3n) is 2.65. The predicted molar refractivity (Wildman–Crippen MR) is 60.7 cm³/mol. The van der Waals surface area contributed by atoms with Gasteiger partial charge in [-0.25, -0.2) is 0 Å². The fraction of sp³-hybridized carbons (Fsp3) is 0.727. The van der Waals surface area contributed by atoms with Crippen LogP contribution >= 0.6 is 0 Å². The van der Waals surface area contributed by atoms with E-state index in [1.54, 1.807) is 7.11 Å². The highest BCUT2D eigenvalue weighted by molar-refractivity contribution is 5.80. The number of nitrogens with zero attached hydrogens (tertiary/aromatic N) is 2. The molecule has 1 aliphatic rings. The van der Waals surface area contributed by atoms with Crippen molar-refractivity contribution in [2.45, 2.75) is 32.0 Å². The number of nitrogens with one attached hydrogen (secondary N) is 1. The molecule has 100 valence electrons. The molecule has 0 spiro atoms. The summed E-state index contributed by atoms with van der Waals surface area (Å²) in [6.45, 7) is 1.45. The highest BCUT2D eigenvalue weighted by Gasteiger charge is 2.22. The van der Waals surface area contributed by atoms with Crippen LogP contribution in [0.4, 0.5) is 0 Å². The van der Waals surface area contributed by atoms with Crippen LogP contribution in [0.25, 0.3) is 0 Å². The monoisotopic (exact) mass is 255 g/mol. The Bertz CT molecular complexity index is 387. The Labute approximate surface area is 105 Å². The van der Waals surface area contributed by atoms with Crippen molar-refractivity contribution in [1.29, 1.82) is 0 Å². The van der Waals surface area contributed by atoms with Crippen molar-refractivity contribution in [1.82, 2.24) is 15.5 Å². The van der Waals surface area contributed by atoms with Crippen molar-refractivity contribution in [3.05, 3.63) is 11.7 Å². The van der Waals surface area contributed by atoms with Crippen LogP contribution in [0.2, 0.25) is 0 Å². The lowest BCUT2D eigenvalue weighted by Gasteiger charge is -2.08. The van der Waals surface area contributed by atoms with Crippen LogP contribution in [0, 0.1) is 0 Å². The lowest BCUT2D eigenvalue weighted by Crippen LogP contribution is -2.35. The first-order valence-corrected chi connectivity index (χ1v) is 5.99. The molecule has 1 aromatic rings. The van der Waals surface area contributed by atoms with Gasteiger partial charge in [0.15, 0.2) is 5.82 Å². The fourth-order valence-electron chi connectivity index (χ4n) is 1.77. The lowest BCUT2D eigenvalue weighted by atomic mass is 10.2. The standard InChI is InChI=1S/C11H17N3O4/c1-16-7-10-13-9(14-18-10)4-5-12-11(15)8-3-2-6-17-8/h8H,2-7H2,1H3,(H,12,15). The molecule has 2 rings (SSSR count). The smallest absolute Gasteiger partial charge is 0.252 e. The second kappa shape index (κ2) is 6.46. The van der Waals surface area contributed by atoms with E-state index < -0.39 is 0 Å². The van der Waals surface area contributed by atoms with Gasteiger partial charge in [-0.1, -0.05) is 5.16 Å². The molecule has 1 N–H and O–H groups in total. The summed E-state index contributed by atoms with van der Waals surface area (Å²) in [6, 6.07) is 0. The van der Waals surface area contributed by atoms with Gasteiger partial charge in [-0.05, 0) is 12.8 Å². The molecule has 1 aliphatic heterocycles. The zero-order valence-electron chi connectivity index (χ0n) is 10.3. The molecule has 0 aromatic carbocycles. The van der Waals surface area contributed by atoms with E-state index in [0.29, 0.717) is 37.9 Å². The first-order chi connectivity index (χ1) is 8.79. The van der Waals surface area contributed by atoms with Crippen LogP contribution in [-0.2, 0) is 27.3 Å². The van der Waals surface area contributed by atoms with Gasteiger partial charge in [-0.15, -0.1) is 0 Å². The molecule has 1 fully saturated rings. The van der Waals surface area contributed by atoms with Crippen molar-refractivity contribution < 1.29 is 18.8 Å². The number of carbonyl (C=O) groups is 1. The summed E-state index contributed by atoms with van der Waals surface area (Å²) in [7, 11) is 1.56. The molecular weight excluding hydrogens is 238 g/mol. The molecule has 0 aliphatic carbocycles. The Balaban J connectivity index is 1.69. The van der Waals surface area contributed by atoms with Gasteiger partial charge >= 0.3 is 0 Å². The van der Waals surface area contributed by atoms with E-state index in [9.17, 15) is 4.79 Å². The minimum absolute atomic E-state index is 0.0619. The quantitative estimate of drug-likeness (QED) is 0.773. The zero-order valence-corrected chi connectivity index (χ0v) is 10.3. The van der Waals surface area contributed by atoms with Crippen LogP contribution < -0.4 is 5.32 Å². The SMILES string of the molecule is COCc1nc(CCNC(=O)C2CCCO2)no1. The van der Waals surface area contributed by atoms with Gasteiger partial charge < -0.3 is 19.3 Å². The summed E-state index contributed by atoms with van der Waals surface area (Å²) in [6.07, 6.45) is 1.99. The first-order valence-electron chi connectivity index (χ1n) is 5.99. The van der Waals surface area contributed by atoms with E-state index in [-0.39, 0.29) is 12.0 Å². The molecule has 1 aromatic heterocycles. The van der Waals surface area contributed by atoms with E-state index in [1.165, 1.54) is 0 Å². The molecule has 1 amide bonds. The molecule has 1 atom stereocenters. The highest BCUT2D eigenvalue weighted by atomic mass is 16.5. The van der Waals surface area contributed by atoms with Crippen molar-refractivity contribution in [2.24, 2.45) is 0 Å². The van der Waals surface area contributed by atoms with Gasteiger partial charge in [0.1, 0.15) is 12.7 Å². The van der Waals surface area contributed by atoms with Gasteiger partial charge in [-0.3, -0.25) is 4.79 Å². The number of amides is 1. The normalized spacial score (nSPS) is 19.1. The van der Waals surface area contributed by atoms with Crippen LogP contribution in [-0.4, -0.2) is 42.4 Å². The zero-order chi connectivity index (χ0) is 12.8. The van der Waals surface area contributed by atoms with Gasteiger partial charge in [0.05, 0.1) is 0 Å². The van der Waals surface area contributed by atoms with Crippen molar-refractivity contribution in [3.63, 3.8) is 0 Å². The summed E-state index contributed by atoms with van der Waals surface area (Å²) in [5.41, 5.74) is 0. The topological polar surface area (TPSA) is 86.5 Å². The number of hydrogen-bond acceptors (Lipinski definition) is 6. The van der Waals surface area contributed by atoms with Gasteiger partial charge in [0.2, 0.25) is 5.91 Å². The first kappa shape index (κ1) is 13.0. The van der Waals surface area contributed by atoms with Gasteiger partial charge in [0.25, 0.3) is 5.89 Å². The number of rotatable bonds is 6. The van der Waals surface area contributed by atoms with Crippen molar-refractivity contribution in [3.8, 4) is 0 Å². The number of ether oxygens (including phenoxy) is 2. The Hall–Kier alpha value is -1.47. The third kappa shape index (κ3) is 3.51. The molecule has 0 saturated carbocycles. The van der Waals surface area contributed by atoms with Crippen molar-refractivity contribution >= 4 is 5.91 Å². The maximum atomic E-state index is 11.6. The Morgan fingerprint density at radius 2 is 2.50 bits per heavy atom. The maximum absolute atomic E-state index is 11.6. The molecule has 0 radical (unpaired) electrons. The Morgan fingerprint density at radius 3 is 3.22 bits per heavy atom. The molecule has 2 heterocycles. The predicted octanol–water partition coefficient (Wildman–Crippen LogP) is 0.0537. The highest BCUT2D eigenvalue weighted by Crippen LogP contribution is 2.11. The second-order valence-electron chi connectivity index (χ2n) is 4.08. The van der Waals surface area contributed by atoms with E-state index in [2.05, 4.69) is 15.5 Å². The summed E-state index contributed by atoms with van der Waals surface area (Å²) in [5, 5.41) is 6.58. The van der Waals surface area contributed by atoms with Crippen LogP contribution in [0.1, 0.15) is 24.6 Å². The number of methoxy groups -OCH3 is 1. The molecule has 0 bridgehead atoms. The molecule has 7 nitrogen and oxygen atoms in total. The van der Waals surface area contributed by atoms with E-state index >= 15 is 0 Å². The summed E-state index contributed by atoms with van der Waals surface area (Å²) in [4.78, 5) is 15.7. The van der Waals surface area contributed by atoms with E-state index in [4.69, 9.17) is 14.0 Å². The fourth-order valence-corrected chi connectivity index (χ4v) is 1.77. The minimum atomic E-state index is -0.292. The van der Waals surface area contributed by atoms with Crippen LogP contribution in [0.15, 0.2) is 4.52 Å². The van der Waals surface area contributed by atoms with Crippen molar-refractivity contribution in [2.75, 3.05) is 20.3 Å². The van der Waals surface area contributed by atoms with Gasteiger partial charge in [-0.2, -0.15) is 4.98 Å².